The average molecular weight is 340 g/mol. The molecule has 0 saturated carbocycles. The highest BCUT2D eigenvalue weighted by atomic mass is 35.5. The molecule has 0 radical (unpaired) electrons. The van der Waals surface area contributed by atoms with Gasteiger partial charge < -0.3 is 10.3 Å². The van der Waals surface area contributed by atoms with Gasteiger partial charge in [-0.15, -0.1) is 12.4 Å². The third-order valence-corrected chi connectivity index (χ3v) is 4.53. The van der Waals surface area contributed by atoms with E-state index in [1.54, 1.807) is 0 Å². The maximum Gasteiger partial charge on any atom is 0.131 e. The number of nitrogens with zero attached hydrogens (tertiary/aromatic N) is 1. The van der Waals surface area contributed by atoms with Crippen LogP contribution in [0.3, 0.4) is 0 Å². The number of amidine groups is 1. The van der Waals surface area contributed by atoms with Crippen LogP contribution in [-0.4, -0.2) is 23.9 Å². The van der Waals surface area contributed by atoms with E-state index in [1.807, 2.05) is 0 Å². The van der Waals surface area contributed by atoms with Crippen LogP contribution in [0.2, 0.25) is 0 Å². The third kappa shape index (κ3) is 2.69. The predicted octanol–water partition coefficient (Wildman–Crippen LogP) is 4.53. The minimum Gasteiger partial charge on any atom is -0.368 e. The Bertz CT molecular complexity index is 937. The van der Waals surface area contributed by atoms with Gasteiger partial charge in [-0.05, 0) is 44.5 Å². The molecule has 0 atom stereocenters. The van der Waals surface area contributed by atoms with Crippen molar-refractivity contribution in [2.75, 3.05) is 13.1 Å². The van der Waals surface area contributed by atoms with Crippen LogP contribution in [0.25, 0.3) is 22.2 Å². The molecule has 1 aliphatic heterocycles. The van der Waals surface area contributed by atoms with Gasteiger partial charge in [0, 0.05) is 28.6 Å². The molecule has 0 fully saturated rings. The van der Waals surface area contributed by atoms with Gasteiger partial charge >= 0.3 is 0 Å². The molecule has 2 N–H and O–H groups in total. The van der Waals surface area contributed by atoms with Gasteiger partial charge in [-0.2, -0.15) is 0 Å². The number of hydrogen-bond donors (Lipinski definition) is 2. The Morgan fingerprint density at radius 2 is 1.71 bits per heavy atom. The second-order valence-corrected chi connectivity index (χ2v) is 6.40. The number of aromatic nitrogens is 1. The first-order valence-corrected chi connectivity index (χ1v) is 8.12. The highest BCUT2D eigenvalue weighted by Crippen LogP contribution is 2.33. The lowest BCUT2D eigenvalue weighted by Crippen LogP contribution is -2.20. The number of rotatable bonds is 2. The van der Waals surface area contributed by atoms with Gasteiger partial charge in [-0.25, -0.2) is 0 Å². The molecule has 3 nitrogen and oxygen atoms in total. The van der Waals surface area contributed by atoms with Crippen molar-refractivity contribution < 1.29 is 0 Å². The molecular weight excluding hydrogens is 318 g/mol. The number of nitrogens with one attached hydrogen (secondary N) is 2. The number of benzene rings is 2. The van der Waals surface area contributed by atoms with Crippen LogP contribution in [0.1, 0.15) is 22.3 Å². The van der Waals surface area contributed by atoms with Crippen molar-refractivity contribution in [3.63, 3.8) is 0 Å². The number of H-pyrrole nitrogens is 1. The monoisotopic (exact) mass is 339 g/mol. The minimum atomic E-state index is 0. The topological polar surface area (TPSA) is 40.2 Å². The van der Waals surface area contributed by atoms with Gasteiger partial charge in [0.2, 0.25) is 0 Å². The van der Waals surface area contributed by atoms with Gasteiger partial charge in [0.1, 0.15) is 5.84 Å². The Hall–Kier alpha value is -2.26. The second-order valence-electron chi connectivity index (χ2n) is 6.40. The Balaban J connectivity index is 0.00000169. The smallest absolute Gasteiger partial charge is 0.131 e. The van der Waals surface area contributed by atoms with Crippen LogP contribution in [0.15, 0.2) is 41.4 Å². The summed E-state index contributed by atoms with van der Waals surface area (Å²) in [6.07, 6.45) is 0. The van der Waals surface area contributed by atoms with E-state index < -0.39 is 0 Å². The normalized spacial score (nSPS) is 13.5. The number of aliphatic imine (C=N–C) groups is 1. The maximum atomic E-state index is 4.68. The molecule has 0 bridgehead atoms. The van der Waals surface area contributed by atoms with E-state index in [9.17, 15) is 0 Å². The highest BCUT2D eigenvalue weighted by Gasteiger charge is 2.21. The minimum absolute atomic E-state index is 0. The fraction of sp³-hybridized carbons (Fsp3) is 0.250. The fourth-order valence-electron chi connectivity index (χ4n) is 3.32. The molecule has 4 heteroatoms. The Labute approximate surface area is 148 Å². The zero-order chi connectivity index (χ0) is 16.0. The van der Waals surface area contributed by atoms with E-state index in [0.717, 1.165) is 24.4 Å². The van der Waals surface area contributed by atoms with Crippen LogP contribution < -0.4 is 5.32 Å². The predicted molar refractivity (Wildman–Crippen MR) is 105 cm³/mol. The molecule has 124 valence electrons. The van der Waals surface area contributed by atoms with Crippen molar-refractivity contribution in [1.29, 1.82) is 0 Å². The van der Waals surface area contributed by atoms with Crippen molar-refractivity contribution in [3.05, 3.63) is 58.7 Å². The first-order valence-electron chi connectivity index (χ1n) is 8.12. The molecule has 24 heavy (non-hydrogen) atoms. The number of aryl methyl sites for hydroxylation is 3. The van der Waals surface area contributed by atoms with Gasteiger partial charge in [-0.3, -0.25) is 4.99 Å². The molecule has 4 rings (SSSR count). The third-order valence-electron chi connectivity index (χ3n) is 4.53. The average Bonchev–Trinajstić information content (AvgIpc) is 3.16. The van der Waals surface area contributed by atoms with Gasteiger partial charge in [0.05, 0.1) is 12.2 Å². The van der Waals surface area contributed by atoms with Crippen LogP contribution >= 0.6 is 12.4 Å². The van der Waals surface area contributed by atoms with Gasteiger partial charge in [0.25, 0.3) is 0 Å². The van der Waals surface area contributed by atoms with Crippen LogP contribution in [0, 0.1) is 20.8 Å². The first-order chi connectivity index (χ1) is 11.1. The summed E-state index contributed by atoms with van der Waals surface area (Å²) in [6, 6.07) is 13.2. The van der Waals surface area contributed by atoms with Gasteiger partial charge in [-0.1, -0.05) is 29.3 Å². The molecular formula is C20H22ClN3. The lowest BCUT2D eigenvalue weighted by atomic mass is 9.98. The summed E-state index contributed by atoms with van der Waals surface area (Å²) >= 11 is 0. The molecule has 0 aliphatic carbocycles. The summed E-state index contributed by atoms with van der Waals surface area (Å²) in [5, 5.41) is 4.69. The van der Waals surface area contributed by atoms with Crippen molar-refractivity contribution in [1.82, 2.24) is 10.3 Å². The summed E-state index contributed by atoms with van der Waals surface area (Å²) in [5.41, 5.74) is 8.60. The fourth-order valence-corrected chi connectivity index (χ4v) is 3.32. The van der Waals surface area contributed by atoms with Gasteiger partial charge in [0.15, 0.2) is 0 Å². The molecule has 1 aliphatic rings. The number of hydrogen-bond acceptors (Lipinski definition) is 2. The highest BCUT2D eigenvalue weighted by molar-refractivity contribution is 6.15. The first kappa shape index (κ1) is 16.6. The molecule has 0 unspecified atom stereocenters. The van der Waals surface area contributed by atoms with Crippen LogP contribution in [0.4, 0.5) is 0 Å². The van der Waals surface area contributed by atoms with E-state index in [2.05, 4.69) is 72.5 Å². The summed E-state index contributed by atoms with van der Waals surface area (Å²) in [5.74, 6) is 1.01. The molecule has 0 spiro atoms. The SMILES string of the molecule is Cc1ccc(C)c(-c2[nH]c3ccc(C)cc3c2C2=NCCN2)c1.Cl. The number of aromatic amines is 1. The summed E-state index contributed by atoms with van der Waals surface area (Å²) in [4.78, 5) is 8.31. The number of halogens is 1. The lowest BCUT2D eigenvalue weighted by molar-refractivity contribution is 0.960. The van der Waals surface area contributed by atoms with Crippen molar-refractivity contribution in [3.8, 4) is 11.3 Å². The molecule has 0 amide bonds. The van der Waals surface area contributed by atoms with Crippen molar-refractivity contribution in [2.24, 2.45) is 4.99 Å². The number of fused-ring (bicyclic) bond motifs is 1. The van der Waals surface area contributed by atoms with Crippen molar-refractivity contribution in [2.45, 2.75) is 20.8 Å². The lowest BCUT2D eigenvalue weighted by Gasteiger charge is -2.10. The Kier molecular flexibility index (Phi) is 4.37. The van der Waals surface area contributed by atoms with E-state index in [-0.39, 0.29) is 12.4 Å². The quantitative estimate of drug-likeness (QED) is 0.707. The zero-order valence-electron chi connectivity index (χ0n) is 14.2. The van der Waals surface area contributed by atoms with E-state index >= 15 is 0 Å². The summed E-state index contributed by atoms with van der Waals surface area (Å²) in [6.45, 7) is 8.21. The Morgan fingerprint density at radius 3 is 2.46 bits per heavy atom. The summed E-state index contributed by atoms with van der Waals surface area (Å²) < 4.78 is 0. The molecule has 2 heterocycles. The van der Waals surface area contributed by atoms with E-state index in [0.29, 0.717) is 0 Å². The molecule has 1 aromatic heterocycles. The van der Waals surface area contributed by atoms with E-state index in [4.69, 9.17) is 0 Å². The van der Waals surface area contributed by atoms with Crippen LogP contribution in [-0.2, 0) is 0 Å². The van der Waals surface area contributed by atoms with Crippen molar-refractivity contribution >= 4 is 29.1 Å². The zero-order valence-corrected chi connectivity index (χ0v) is 15.1. The molecule has 3 aromatic rings. The second kappa shape index (κ2) is 6.33. The Morgan fingerprint density at radius 1 is 0.958 bits per heavy atom. The molecule has 0 saturated heterocycles. The van der Waals surface area contributed by atoms with E-state index in [1.165, 1.54) is 38.9 Å². The summed E-state index contributed by atoms with van der Waals surface area (Å²) in [7, 11) is 0. The van der Waals surface area contributed by atoms with Crippen LogP contribution in [0.5, 0.6) is 0 Å². The standard InChI is InChI=1S/C20H21N3.ClH/c1-12-4-6-14(3)15(10-12)19-18(20-21-8-9-22-20)16-11-13(2)5-7-17(16)23-19;/h4-7,10-11,23H,8-9H2,1-3H3,(H,21,22);1H. The largest absolute Gasteiger partial charge is 0.368 e. The maximum absolute atomic E-state index is 4.68. The molecule has 2 aromatic carbocycles.